The van der Waals surface area contributed by atoms with Gasteiger partial charge in [0.2, 0.25) is 4.77 Å². The third kappa shape index (κ3) is 3.64. The van der Waals surface area contributed by atoms with E-state index >= 15 is 0 Å². The Hall–Kier alpha value is -2.38. The fraction of sp³-hybridized carbons (Fsp3) is 0.381. The second kappa shape index (κ2) is 7.22. The minimum Gasteiger partial charge on any atom is -0.310 e. The lowest BCUT2D eigenvalue weighted by molar-refractivity contribution is -0.947. The van der Waals surface area contributed by atoms with Crippen molar-refractivity contribution in [2.45, 2.75) is 51.0 Å². The fourth-order valence-corrected chi connectivity index (χ4v) is 4.10. The molecule has 5 rings (SSSR count). The number of pyridine rings is 1. The molecule has 2 heterocycles. The van der Waals surface area contributed by atoms with Crippen LogP contribution in [0.15, 0.2) is 48.8 Å². The Labute approximate surface area is 168 Å². The highest BCUT2D eigenvalue weighted by atomic mass is 32.1. The van der Waals surface area contributed by atoms with Gasteiger partial charge in [-0.1, -0.05) is 12.1 Å². The van der Waals surface area contributed by atoms with Crippen LogP contribution in [0, 0.1) is 10.6 Å². The molecule has 28 heavy (non-hydrogen) atoms. The molecule has 2 aromatic heterocycles. The van der Waals surface area contributed by atoms with E-state index < -0.39 is 0 Å². The van der Waals surface area contributed by atoms with Crippen LogP contribution in [-0.2, 0) is 13.2 Å². The fourth-order valence-electron chi connectivity index (χ4n) is 3.75. The number of benzene rings is 1. The lowest BCUT2D eigenvalue weighted by Crippen LogP contribution is -3.11. The SMILES string of the molecule is Fc1ccc(C[NH+](Cn2nc(-c3cccnc3)n(C3CC3)c2=S)C2CC2)cc1. The second-order valence-electron chi connectivity index (χ2n) is 7.84. The van der Waals surface area contributed by atoms with Crippen LogP contribution in [0.1, 0.15) is 37.3 Å². The Morgan fingerprint density at radius 3 is 2.54 bits per heavy atom. The summed E-state index contributed by atoms with van der Waals surface area (Å²) in [4.78, 5) is 5.68. The Balaban J connectivity index is 1.45. The van der Waals surface area contributed by atoms with Gasteiger partial charge in [0, 0.05) is 42.4 Å². The Kier molecular flexibility index (Phi) is 4.56. The van der Waals surface area contributed by atoms with Crippen molar-refractivity contribution in [1.29, 1.82) is 0 Å². The quantitative estimate of drug-likeness (QED) is 0.624. The van der Waals surface area contributed by atoms with Crippen molar-refractivity contribution in [2.75, 3.05) is 0 Å². The molecule has 7 heteroatoms. The number of nitrogens with one attached hydrogen (secondary N) is 1. The van der Waals surface area contributed by atoms with Crippen molar-refractivity contribution in [2.24, 2.45) is 0 Å². The highest BCUT2D eigenvalue weighted by Gasteiger charge is 2.35. The second-order valence-corrected chi connectivity index (χ2v) is 8.21. The molecule has 2 fully saturated rings. The standard InChI is InChI=1S/C21H22FN5S/c22-17-5-3-15(4-6-17)13-25(18-7-8-18)14-26-21(28)27(19-9-10-19)20(24-26)16-2-1-11-23-12-16/h1-6,11-12,18-19H,7-10,13-14H2/p+1. The van der Waals surface area contributed by atoms with Crippen molar-refractivity contribution >= 4 is 12.2 Å². The zero-order valence-electron chi connectivity index (χ0n) is 15.6. The summed E-state index contributed by atoms with van der Waals surface area (Å²) in [7, 11) is 0. The highest BCUT2D eigenvalue weighted by Crippen LogP contribution is 2.38. The molecule has 0 aliphatic heterocycles. The first-order chi connectivity index (χ1) is 13.7. The smallest absolute Gasteiger partial charge is 0.203 e. The van der Waals surface area contributed by atoms with E-state index in [1.807, 2.05) is 35.1 Å². The first-order valence-corrected chi connectivity index (χ1v) is 10.3. The molecule has 0 spiro atoms. The van der Waals surface area contributed by atoms with Crippen molar-refractivity contribution in [3.8, 4) is 11.4 Å². The van der Waals surface area contributed by atoms with E-state index in [0.717, 1.165) is 47.8 Å². The molecular formula is C21H23FN5S+. The average molecular weight is 397 g/mol. The summed E-state index contributed by atoms with van der Waals surface area (Å²) in [5, 5.41) is 4.90. The van der Waals surface area contributed by atoms with Gasteiger partial charge >= 0.3 is 0 Å². The maximum absolute atomic E-state index is 13.2. The van der Waals surface area contributed by atoms with Gasteiger partial charge in [-0.25, -0.2) is 4.39 Å². The zero-order chi connectivity index (χ0) is 19.1. The number of aromatic nitrogens is 4. The predicted octanol–water partition coefficient (Wildman–Crippen LogP) is 3.16. The molecule has 3 aromatic rings. The maximum Gasteiger partial charge on any atom is 0.203 e. The maximum atomic E-state index is 13.2. The molecule has 0 amide bonds. The average Bonchev–Trinajstić information content (AvgIpc) is 3.62. The number of rotatable bonds is 7. The lowest BCUT2D eigenvalue weighted by Gasteiger charge is -2.19. The highest BCUT2D eigenvalue weighted by molar-refractivity contribution is 7.71. The van der Waals surface area contributed by atoms with E-state index in [2.05, 4.69) is 9.55 Å². The summed E-state index contributed by atoms with van der Waals surface area (Å²) >= 11 is 5.82. The Morgan fingerprint density at radius 1 is 1.11 bits per heavy atom. The van der Waals surface area contributed by atoms with Crippen LogP contribution in [0.4, 0.5) is 4.39 Å². The van der Waals surface area contributed by atoms with Crippen LogP contribution in [0.5, 0.6) is 0 Å². The third-order valence-corrected chi connectivity index (χ3v) is 5.96. The number of nitrogens with zero attached hydrogens (tertiary/aromatic N) is 4. The van der Waals surface area contributed by atoms with Gasteiger partial charge in [-0.05, 0) is 49.3 Å². The van der Waals surface area contributed by atoms with E-state index in [0.29, 0.717) is 12.1 Å². The van der Waals surface area contributed by atoms with Gasteiger partial charge in [-0.15, -0.1) is 5.10 Å². The summed E-state index contributed by atoms with van der Waals surface area (Å²) in [6, 6.07) is 11.9. The Morgan fingerprint density at radius 2 is 1.89 bits per heavy atom. The van der Waals surface area contributed by atoms with Crippen molar-refractivity contribution in [3.63, 3.8) is 0 Å². The molecule has 0 bridgehead atoms. The molecule has 2 aliphatic rings. The molecular weight excluding hydrogens is 373 g/mol. The molecule has 1 N–H and O–H groups in total. The summed E-state index contributed by atoms with van der Waals surface area (Å²) in [5.41, 5.74) is 2.15. The molecule has 2 aliphatic carbocycles. The van der Waals surface area contributed by atoms with E-state index in [1.165, 1.54) is 29.9 Å². The topological polar surface area (TPSA) is 40.1 Å². The molecule has 144 valence electrons. The molecule has 2 saturated carbocycles. The first kappa shape index (κ1) is 17.7. The van der Waals surface area contributed by atoms with Crippen LogP contribution in [0.3, 0.4) is 0 Å². The number of hydrogen-bond acceptors (Lipinski definition) is 3. The predicted molar refractivity (Wildman–Crippen MR) is 107 cm³/mol. The van der Waals surface area contributed by atoms with Gasteiger partial charge in [0.15, 0.2) is 12.5 Å². The van der Waals surface area contributed by atoms with E-state index in [1.54, 1.807) is 6.20 Å². The molecule has 5 nitrogen and oxygen atoms in total. The number of halogens is 1. The van der Waals surface area contributed by atoms with Gasteiger partial charge in [0.05, 0.1) is 6.04 Å². The van der Waals surface area contributed by atoms with Crippen LogP contribution < -0.4 is 4.90 Å². The molecule has 1 aromatic carbocycles. The van der Waals surface area contributed by atoms with Crippen LogP contribution in [-0.4, -0.2) is 25.4 Å². The van der Waals surface area contributed by atoms with Crippen molar-refractivity contribution < 1.29 is 9.29 Å². The van der Waals surface area contributed by atoms with Crippen molar-refractivity contribution in [3.05, 3.63) is 64.9 Å². The van der Waals surface area contributed by atoms with E-state index in [-0.39, 0.29) is 5.82 Å². The molecule has 0 radical (unpaired) electrons. The van der Waals surface area contributed by atoms with Gasteiger partial charge in [-0.2, -0.15) is 4.68 Å². The lowest BCUT2D eigenvalue weighted by atomic mass is 10.2. The Bertz CT molecular complexity index is 1020. The van der Waals surface area contributed by atoms with Gasteiger partial charge in [0.25, 0.3) is 0 Å². The van der Waals surface area contributed by atoms with Gasteiger partial charge in [0.1, 0.15) is 12.4 Å². The minimum atomic E-state index is -0.191. The van der Waals surface area contributed by atoms with E-state index in [4.69, 9.17) is 17.3 Å². The van der Waals surface area contributed by atoms with Crippen LogP contribution in [0.25, 0.3) is 11.4 Å². The van der Waals surface area contributed by atoms with Crippen LogP contribution in [0.2, 0.25) is 0 Å². The molecule has 0 saturated heterocycles. The van der Waals surface area contributed by atoms with Crippen molar-refractivity contribution in [1.82, 2.24) is 19.3 Å². The van der Waals surface area contributed by atoms with Gasteiger partial charge < -0.3 is 4.90 Å². The summed E-state index contributed by atoms with van der Waals surface area (Å²) in [5.74, 6) is 0.723. The third-order valence-electron chi connectivity index (χ3n) is 5.55. The summed E-state index contributed by atoms with van der Waals surface area (Å²) in [6.45, 7) is 1.58. The summed E-state index contributed by atoms with van der Waals surface area (Å²) in [6.07, 6.45) is 8.39. The summed E-state index contributed by atoms with van der Waals surface area (Å²) < 4.78 is 18.2. The number of hydrogen-bond donors (Lipinski definition) is 1. The zero-order valence-corrected chi connectivity index (χ0v) is 16.4. The largest absolute Gasteiger partial charge is 0.310 e. The monoisotopic (exact) mass is 396 g/mol. The van der Waals surface area contributed by atoms with Gasteiger partial charge in [-0.3, -0.25) is 9.55 Å². The van der Waals surface area contributed by atoms with E-state index in [9.17, 15) is 4.39 Å². The first-order valence-electron chi connectivity index (χ1n) is 9.88. The van der Waals surface area contributed by atoms with Crippen LogP contribution >= 0.6 is 12.2 Å². The minimum absolute atomic E-state index is 0.191. The molecule has 1 unspecified atom stereocenters. The number of quaternary nitrogens is 1. The normalized spacial score (nSPS) is 17.6. The molecule has 1 atom stereocenters.